The monoisotopic (exact) mass is 251 g/mol. The van der Waals surface area contributed by atoms with E-state index < -0.39 is 0 Å². The van der Waals surface area contributed by atoms with Crippen LogP contribution in [0.15, 0.2) is 12.1 Å². The van der Waals surface area contributed by atoms with Crippen molar-refractivity contribution in [3.05, 3.63) is 28.8 Å². The van der Waals surface area contributed by atoms with Gasteiger partial charge < -0.3 is 10.5 Å². The molecule has 0 bridgehead atoms. The highest BCUT2D eigenvalue weighted by molar-refractivity contribution is 5.76. The second-order valence-corrected chi connectivity index (χ2v) is 4.31. The maximum absolute atomic E-state index is 11.5. The van der Waals surface area contributed by atoms with Gasteiger partial charge in [-0.3, -0.25) is 10.2 Å². The van der Waals surface area contributed by atoms with Gasteiger partial charge in [0.25, 0.3) is 0 Å². The third kappa shape index (κ3) is 3.45. The first-order valence-corrected chi connectivity index (χ1v) is 5.86. The number of methoxy groups -OCH3 is 1. The SMILES string of the molecule is CNNC(=O)CC(N)c1c(C)cc(C)cc1OC. The van der Waals surface area contributed by atoms with Crippen LogP contribution in [0.4, 0.5) is 0 Å². The molecule has 0 saturated carbocycles. The van der Waals surface area contributed by atoms with Crippen LogP contribution in [0.3, 0.4) is 0 Å². The third-order valence-corrected chi connectivity index (χ3v) is 2.75. The molecular weight excluding hydrogens is 230 g/mol. The lowest BCUT2D eigenvalue weighted by Crippen LogP contribution is -2.36. The summed E-state index contributed by atoms with van der Waals surface area (Å²) in [4.78, 5) is 11.5. The molecule has 0 aliphatic carbocycles. The van der Waals surface area contributed by atoms with E-state index in [4.69, 9.17) is 10.5 Å². The molecule has 1 aromatic rings. The molecule has 0 radical (unpaired) electrons. The summed E-state index contributed by atoms with van der Waals surface area (Å²) >= 11 is 0. The van der Waals surface area contributed by atoms with Crippen molar-refractivity contribution in [1.82, 2.24) is 10.9 Å². The molecular formula is C13H21N3O2. The number of nitrogens with one attached hydrogen (secondary N) is 2. The van der Waals surface area contributed by atoms with Gasteiger partial charge in [-0.2, -0.15) is 0 Å². The van der Waals surface area contributed by atoms with E-state index in [1.165, 1.54) is 0 Å². The van der Waals surface area contributed by atoms with Crippen LogP contribution < -0.4 is 21.3 Å². The molecule has 100 valence electrons. The van der Waals surface area contributed by atoms with Crippen molar-refractivity contribution in [3.8, 4) is 5.75 Å². The van der Waals surface area contributed by atoms with Crippen molar-refractivity contribution in [3.63, 3.8) is 0 Å². The van der Waals surface area contributed by atoms with Crippen molar-refractivity contribution in [2.24, 2.45) is 5.73 Å². The second kappa shape index (κ2) is 6.37. The van der Waals surface area contributed by atoms with Crippen LogP contribution in [0, 0.1) is 13.8 Å². The Balaban J connectivity index is 2.97. The molecule has 1 aromatic carbocycles. The Labute approximate surface area is 108 Å². The largest absolute Gasteiger partial charge is 0.496 e. The predicted octanol–water partition coefficient (Wildman–Crippen LogP) is 0.953. The van der Waals surface area contributed by atoms with E-state index in [-0.39, 0.29) is 18.4 Å². The number of carbonyl (C=O) groups is 1. The van der Waals surface area contributed by atoms with Gasteiger partial charge >= 0.3 is 0 Å². The van der Waals surface area contributed by atoms with Crippen molar-refractivity contribution in [2.45, 2.75) is 26.3 Å². The Morgan fingerprint density at radius 2 is 2.11 bits per heavy atom. The Morgan fingerprint density at radius 1 is 1.44 bits per heavy atom. The first kappa shape index (κ1) is 14.5. The highest BCUT2D eigenvalue weighted by atomic mass is 16.5. The Bertz CT molecular complexity index is 432. The van der Waals surface area contributed by atoms with E-state index in [1.54, 1.807) is 14.2 Å². The molecule has 18 heavy (non-hydrogen) atoms. The second-order valence-electron chi connectivity index (χ2n) is 4.31. The quantitative estimate of drug-likeness (QED) is 0.681. The number of hydrogen-bond acceptors (Lipinski definition) is 4. The van der Waals surface area contributed by atoms with Crippen LogP contribution in [0.2, 0.25) is 0 Å². The van der Waals surface area contributed by atoms with Gasteiger partial charge in [0.2, 0.25) is 5.91 Å². The summed E-state index contributed by atoms with van der Waals surface area (Å²) in [6.45, 7) is 3.97. The van der Waals surface area contributed by atoms with Gasteiger partial charge in [0.15, 0.2) is 0 Å². The normalized spacial score (nSPS) is 12.1. The number of nitrogens with two attached hydrogens (primary N) is 1. The van der Waals surface area contributed by atoms with E-state index >= 15 is 0 Å². The van der Waals surface area contributed by atoms with Crippen LogP contribution in [0.5, 0.6) is 5.75 Å². The van der Waals surface area contributed by atoms with Gasteiger partial charge in [0.1, 0.15) is 5.75 Å². The fourth-order valence-electron chi connectivity index (χ4n) is 2.08. The molecule has 0 spiro atoms. The number of hydrazine groups is 1. The van der Waals surface area contributed by atoms with Crippen LogP contribution >= 0.6 is 0 Å². The minimum atomic E-state index is -0.381. The van der Waals surface area contributed by atoms with E-state index in [1.807, 2.05) is 26.0 Å². The van der Waals surface area contributed by atoms with Crippen molar-refractivity contribution < 1.29 is 9.53 Å². The highest BCUT2D eigenvalue weighted by Crippen LogP contribution is 2.30. The Kier molecular flexibility index (Phi) is 5.12. The van der Waals surface area contributed by atoms with Crippen LogP contribution in [-0.2, 0) is 4.79 Å². The van der Waals surface area contributed by atoms with Crippen molar-refractivity contribution >= 4 is 5.91 Å². The van der Waals surface area contributed by atoms with Gasteiger partial charge in [-0.15, -0.1) is 0 Å². The molecule has 1 amide bonds. The van der Waals surface area contributed by atoms with E-state index in [2.05, 4.69) is 10.9 Å². The number of benzene rings is 1. The molecule has 4 N–H and O–H groups in total. The van der Waals surface area contributed by atoms with Gasteiger partial charge in [-0.25, -0.2) is 5.43 Å². The smallest absolute Gasteiger partial charge is 0.235 e. The number of aryl methyl sites for hydroxylation is 2. The molecule has 0 heterocycles. The number of rotatable bonds is 5. The summed E-state index contributed by atoms with van der Waals surface area (Å²) in [7, 11) is 3.25. The van der Waals surface area contributed by atoms with Gasteiger partial charge in [0, 0.05) is 25.1 Å². The van der Waals surface area contributed by atoms with E-state index in [0.29, 0.717) is 0 Å². The highest BCUT2D eigenvalue weighted by Gasteiger charge is 2.18. The van der Waals surface area contributed by atoms with Gasteiger partial charge in [0.05, 0.1) is 7.11 Å². The Hall–Kier alpha value is -1.59. The van der Waals surface area contributed by atoms with Gasteiger partial charge in [-0.05, 0) is 31.0 Å². The zero-order valence-corrected chi connectivity index (χ0v) is 11.3. The van der Waals surface area contributed by atoms with E-state index in [0.717, 1.165) is 22.4 Å². The summed E-state index contributed by atoms with van der Waals surface area (Å²) in [5.74, 6) is 0.587. The van der Waals surface area contributed by atoms with Crippen LogP contribution in [-0.4, -0.2) is 20.1 Å². The zero-order chi connectivity index (χ0) is 13.7. The lowest BCUT2D eigenvalue weighted by molar-refractivity contribution is -0.122. The lowest BCUT2D eigenvalue weighted by Gasteiger charge is -2.18. The Morgan fingerprint density at radius 3 is 2.67 bits per heavy atom. The molecule has 0 aliphatic heterocycles. The number of amides is 1. The van der Waals surface area contributed by atoms with E-state index in [9.17, 15) is 4.79 Å². The average molecular weight is 251 g/mol. The fourth-order valence-corrected chi connectivity index (χ4v) is 2.08. The molecule has 5 heteroatoms. The van der Waals surface area contributed by atoms with Crippen molar-refractivity contribution in [1.29, 1.82) is 0 Å². The topological polar surface area (TPSA) is 76.4 Å². The summed E-state index contributed by atoms with van der Waals surface area (Å²) in [5.41, 5.74) is 14.2. The third-order valence-electron chi connectivity index (χ3n) is 2.75. The number of ether oxygens (including phenoxy) is 1. The summed E-state index contributed by atoms with van der Waals surface area (Å²) in [6, 6.07) is 3.58. The zero-order valence-electron chi connectivity index (χ0n) is 11.3. The van der Waals surface area contributed by atoms with Crippen molar-refractivity contribution in [2.75, 3.05) is 14.2 Å². The first-order valence-electron chi connectivity index (χ1n) is 5.86. The predicted molar refractivity (Wildman–Crippen MR) is 71.2 cm³/mol. The maximum atomic E-state index is 11.5. The summed E-state index contributed by atoms with van der Waals surface area (Å²) < 4.78 is 5.34. The molecule has 0 fully saturated rings. The minimum Gasteiger partial charge on any atom is -0.496 e. The molecule has 1 rings (SSSR count). The van der Waals surface area contributed by atoms with Gasteiger partial charge in [-0.1, -0.05) is 6.07 Å². The maximum Gasteiger partial charge on any atom is 0.235 e. The first-order chi connectivity index (χ1) is 8.49. The average Bonchev–Trinajstić information content (AvgIpc) is 2.27. The molecule has 0 aromatic heterocycles. The molecule has 0 aliphatic rings. The summed E-state index contributed by atoms with van der Waals surface area (Å²) in [6.07, 6.45) is 0.209. The molecule has 1 atom stereocenters. The number of carbonyl (C=O) groups excluding carboxylic acids is 1. The minimum absolute atomic E-state index is 0.146. The molecule has 1 unspecified atom stereocenters. The number of hydrogen-bond donors (Lipinski definition) is 3. The van der Waals surface area contributed by atoms with Crippen LogP contribution in [0.1, 0.15) is 29.2 Å². The summed E-state index contributed by atoms with van der Waals surface area (Å²) in [5, 5.41) is 0. The lowest BCUT2D eigenvalue weighted by atomic mass is 9.96. The standard InChI is InChI=1S/C13H21N3O2/c1-8-5-9(2)13(11(6-8)18-4)10(14)7-12(17)16-15-3/h5-6,10,15H,7,14H2,1-4H3,(H,16,17). The fraction of sp³-hybridized carbons (Fsp3) is 0.462. The molecule has 5 nitrogen and oxygen atoms in total. The van der Waals surface area contributed by atoms with Crippen LogP contribution in [0.25, 0.3) is 0 Å². The molecule has 0 saturated heterocycles.